The van der Waals surface area contributed by atoms with Crippen LogP contribution in [0.25, 0.3) is 0 Å². The van der Waals surface area contributed by atoms with E-state index in [1.54, 1.807) is 4.90 Å². The van der Waals surface area contributed by atoms with Crippen molar-refractivity contribution in [1.82, 2.24) is 14.9 Å². The highest BCUT2D eigenvalue weighted by molar-refractivity contribution is 5.94. The van der Waals surface area contributed by atoms with Gasteiger partial charge in [0, 0.05) is 25.2 Å². The number of aromatic nitrogens is 2. The van der Waals surface area contributed by atoms with Gasteiger partial charge in [0.05, 0.1) is 25.3 Å². The number of nitrogens with zero attached hydrogens (tertiary/aromatic N) is 3. The molecule has 2 aliphatic heterocycles. The van der Waals surface area contributed by atoms with E-state index in [2.05, 4.69) is 14.7 Å². The SMILES string of the molecule is O=C(c1cnc(CCc2cc(OC(F)(F)F)cc(C3CC3)c2)nc1)N1CC2(CCO2)C1. The molecule has 2 aromatic rings. The van der Waals surface area contributed by atoms with Crippen LogP contribution in [0, 0.1) is 0 Å². The van der Waals surface area contributed by atoms with Crippen molar-refractivity contribution in [3.05, 3.63) is 53.1 Å². The van der Waals surface area contributed by atoms with Crippen LogP contribution in [0.1, 0.15) is 52.5 Å². The number of ether oxygens (including phenoxy) is 2. The van der Waals surface area contributed by atoms with E-state index in [-0.39, 0.29) is 17.3 Å². The first-order chi connectivity index (χ1) is 14.8. The molecule has 1 aromatic heterocycles. The number of aryl methyl sites for hydroxylation is 2. The van der Waals surface area contributed by atoms with Gasteiger partial charge in [-0.05, 0) is 48.4 Å². The van der Waals surface area contributed by atoms with Crippen molar-refractivity contribution < 1.29 is 27.4 Å². The number of carbonyl (C=O) groups is 1. The number of amides is 1. The van der Waals surface area contributed by atoms with Crippen molar-refractivity contribution in [2.75, 3.05) is 19.7 Å². The topological polar surface area (TPSA) is 64.5 Å². The summed E-state index contributed by atoms with van der Waals surface area (Å²) in [6, 6.07) is 4.82. The number of benzene rings is 1. The Morgan fingerprint density at radius 2 is 1.87 bits per heavy atom. The van der Waals surface area contributed by atoms with Crippen molar-refractivity contribution in [2.45, 2.75) is 50.0 Å². The second kappa shape index (κ2) is 7.47. The number of rotatable bonds is 6. The molecule has 1 spiro atoms. The predicted octanol–water partition coefficient (Wildman–Crippen LogP) is 3.65. The lowest BCUT2D eigenvalue weighted by molar-refractivity contribution is -0.274. The zero-order chi connectivity index (χ0) is 21.6. The van der Waals surface area contributed by atoms with Crippen LogP contribution in [0.5, 0.6) is 5.75 Å². The maximum Gasteiger partial charge on any atom is 0.573 e. The van der Waals surface area contributed by atoms with Gasteiger partial charge in [-0.25, -0.2) is 9.97 Å². The maximum absolute atomic E-state index is 12.6. The predicted molar refractivity (Wildman–Crippen MR) is 104 cm³/mol. The quantitative estimate of drug-likeness (QED) is 0.696. The summed E-state index contributed by atoms with van der Waals surface area (Å²) in [5.74, 6) is 0.549. The van der Waals surface area contributed by atoms with Crippen LogP contribution in [0.2, 0.25) is 0 Å². The molecular formula is C22H22F3N3O3. The minimum absolute atomic E-state index is 0.112. The van der Waals surface area contributed by atoms with Gasteiger partial charge in [-0.2, -0.15) is 0 Å². The van der Waals surface area contributed by atoms with Crippen LogP contribution in [0.4, 0.5) is 13.2 Å². The Morgan fingerprint density at radius 1 is 1.16 bits per heavy atom. The Labute approximate surface area is 177 Å². The lowest BCUT2D eigenvalue weighted by Crippen LogP contribution is -2.69. The fourth-order valence-corrected chi connectivity index (χ4v) is 4.14. The van der Waals surface area contributed by atoms with Gasteiger partial charge in [0.25, 0.3) is 5.91 Å². The molecule has 0 bridgehead atoms. The van der Waals surface area contributed by atoms with Gasteiger partial charge in [-0.1, -0.05) is 6.07 Å². The standard InChI is InChI=1S/C22H22F3N3O3/c23-22(24,25)31-18-8-14(7-16(9-18)15-2-3-15)1-4-19-26-10-17(11-27-19)20(29)28-12-21(13-28)5-6-30-21/h7-11,15H,1-6,12-13H2. The average Bonchev–Trinajstić information content (AvgIpc) is 3.48. The highest BCUT2D eigenvalue weighted by Gasteiger charge is 2.50. The monoisotopic (exact) mass is 433 g/mol. The van der Waals surface area contributed by atoms with Crippen LogP contribution in [0.15, 0.2) is 30.6 Å². The Bertz CT molecular complexity index is 978. The normalized spacial score (nSPS) is 19.6. The molecule has 31 heavy (non-hydrogen) atoms. The minimum Gasteiger partial charge on any atom is -0.406 e. The molecule has 9 heteroatoms. The summed E-state index contributed by atoms with van der Waals surface area (Å²) in [6.45, 7) is 1.97. The Kier molecular flexibility index (Phi) is 4.88. The molecule has 1 amide bonds. The van der Waals surface area contributed by atoms with Crippen LogP contribution in [-0.2, 0) is 17.6 Å². The second-order valence-corrected chi connectivity index (χ2v) is 8.56. The zero-order valence-corrected chi connectivity index (χ0v) is 16.8. The summed E-state index contributed by atoms with van der Waals surface area (Å²) >= 11 is 0. The van der Waals surface area contributed by atoms with Crippen LogP contribution < -0.4 is 4.74 Å². The molecular weight excluding hydrogens is 411 g/mol. The average molecular weight is 433 g/mol. The van der Waals surface area contributed by atoms with E-state index in [9.17, 15) is 18.0 Å². The van der Waals surface area contributed by atoms with Crippen LogP contribution in [-0.4, -0.2) is 52.4 Å². The smallest absolute Gasteiger partial charge is 0.406 e. The van der Waals surface area contributed by atoms with E-state index < -0.39 is 6.36 Å². The van der Waals surface area contributed by atoms with E-state index in [0.717, 1.165) is 37.0 Å². The number of carbonyl (C=O) groups excluding carboxylic acids is 1. The summed E-state index contributed by atoms with van der Waals surface area (Å²) < 4.78 is 47.6. The third-order valence-corrected chi connectivity index (χ3v) is 6.07. The minimum atomic E-state index is -4.72. The first-order valence-electron chi connectivity index (χ1n) is 10.4. The summed E-state index contributed by atoms with van der Waals surface area (Å²) in [7, 11) is 0. The largest absolute Gasteiger partial charge is 0.573 e. The zero-order valence-electron chi connectivity index (χ0n) is 16.8. The van der Waals surface area contributed by atoms with Gasteiger partial charge in [0.2, 0.25) is 0 Å². The Hall–Kier alpha value is -2.68. The van der Waals surface area contributed by atoms with E-state index in [4.69, 9.17) is 4.74 Å². The van der Waals surface area contributed by atoms with Crippen molar-refractivity contribution >= 4 is 5.91 Å². The van der Waals surface area contributed by atoms with Gasteiger partial charge in [0.1, 0.15) is 17.2 Å². The number of hydrogen-bond donors (Lipinski definition) is 0. The molecule has 6 nitrogen and oxygen atoms in total. The highest BCUT2D eigenvalue weighted by Crippen LogP contribution is 2.42. The molecule has 0 radical (unpaired) electrons. The number of likely N-dealkylation sites (tertiary alicyclic amines) is 1. The molecule has 1 saturated carbocycles. The summed E-state index contributed by atoms with van der Waals surface area (Å²) in [5.41, 5.74) is 1.93. The van der Waals surface area contributed by atoms with Crippen molar-refractivity contribution in [2.24, 2.45) is 0 Å². The van der Waals surface area contributed by atoms with E-state index in [1.165, 1.54) is 24.5 Å². The molecule has 1 aliphatic carbocycles. The molecule has 164 valence electrons. The molecule has 0 unspecified atom stereocenters. The summed E-state index contributed by atoms with van der Waals surface area (Å²) in [6.07, 6.45) is 2.19. The van der Waals surface area contributed by atoms with Crippen LogP contribution >= 0.6 is 0 Å². The summed E-state index contributed by atoms with van der Waals surface area (Å²) in [4.78, 5) is 22.8. The van der Waals surface area contributed by atoms with Gasteiger partial charge < -0.3 is 14.4 Å². The van der Waals surface area contributed by atoms with E-state index in [0.29, 0.717) is 43.2 Å². The molecule has 5 rings (SSSR count). The van der Waals surface area contributed by atoms with Crippen LogP contribution in [0.3, 0.4) is 0 Å². The van der Waals surface area contributed by atoms with Gasteiger partial charge in [-0.15, -0.1) is 13.2 Å². The first-order valence-corrected chi connectivity index (χ1v) is 10.4. The lowest BCUT2D eigenvalue weighted by Gasteiger charge is -2.54. The maximum atomic E-state index is 12.6. The number of hydrogen-bond acceptors (Lipinski definition) is 5. The Balaban J connectivity index is 1.21. The fourth-order valence-electron chi connectivity index (χ4n) is 4.14. The van der Waals surface area contributed by atoms with E-state index in [1.807, 2.05) is 6.07 Å². The van der Waals surface area contributed by atoms with Crippen molar-refractivity contribution in [3.8, 4) is 5.75 Å². The number of halogens is 3. The third-order valence-electron chi connectivity index (χ3n) is 6.07. The van der Waals surface area contributed by atoms with E-state index >= 15 is 0 Å². The van der Waals surface area contributed by atoms with Crippen molar-refractivity contribution in [3.63, 3.8) is 0 Å². The van der Waals surface area contributed by atoms with Gasteiger partial charge in [-0.3, -0.25) is 4.79 Å². The highest BCUT2D eigenvalue weighted by atomic mass is 19.4. The molecule has 1 aromatic carbocycles. The van der Waals surface area contributed by atoms with Crippen molar-refractivity contribution in [1.29, 1.82) is 0 Å². The molecule has 3 aliphatic rings. The third kappa shape index (κ3) is 4.51. The summed E-state index contributed by atoms with van der Waals surface area (Å²) in [5, 5.41) is 0. The molecule has 0 N–H and O–H groups in total. The van der Waals surface area contributed by atoms with Gasteiger partial charge in [0.15, 0.2) is 0 Å². The van der Waals surface area contributed by atoms with Gasteiger partial charge >= 0.3 is 6.36 Å². The Morgan fingerprint density at radius 3 is 2.45 bits per heavy atom. The molecule has 3 fully saturated rings. The number of alkyl halides is 3. The molecule has 3 heterocycles. The fraction of sp³-hybridized carbons (Fsp3) is 0.500. The molecule has 0 atom stereocenters. The first kappa shape index (κ1) is 20.2. The molecule has 2 saturated heterocycles. The lowest BCUT2D eigenvalue weighted by atomic mass is 9.86. The second-order valence-electron chi connectivity index (χ2n) is 8.56.